The number of hydrogen-bond donors (Lipinski definition) is 1. The third kappa shape index (κ3) is 4.48. The van der Waals surface area contributed by atoms with Crippen LogP contribution in [0.4, 0.5) is 10.1 Å². The number of ether oxygens (including phenoxy) is 1. The van der Waals surface area contributed by atoms with E-state index in [0.717, 1.165) is 32.7 Å². The van der Waals surface area contributed by atoms with E-state index in [1.807, 2.05) is 12.1 Å². The first-order chi connectivity index (χ1) is 12.1. The summed E-state index contributed by atoms with van der Waals surface area (Å²) >= 11 is 0. The van der Waals surface area contributed by atoms with Crippen LogP contribution in [0, 0.1) is 5.82 Å². The first-order valence-electron chi connectivity index (χ1n) is 8.31. The number of carboxylic acids is 1. The fourth-order valence-electron chi connectivity index (χ4n) is 2.91. The van der Waals surface area contributed by atoms with Gasteiger partial charge in [0.25, 0.3) is 0 Å². The number of nitrogens with zero attached hydrogens (tertiary/aromatic N) is 2. The summed E-state index contributed by atoms with van der Waals surface area (Å²) in [7, 11) is 0. The Morgan fingerprint density at radius 3 is 2.36 bits per heavy atom. The number of rotatable bonds is 6. The van der Waals surface area contributed by atoms with E-state index in [-0.39, 0.29) is 11.4 Å². The number of carbonyl (C=O) groups is 1. The fraction of sp³-hybridized carbons (Fsp3) is 0.316. The van der Waals surface area contributed by atoms with Crippen molar-refractivity contribution in [3.05, 3.63) is 59.9 Å². The van der Waals surface area contributed by atoms with Gasteiger partial charge in [0.1, 0.15) is 18.2 Å². The van der Waals surface area contributed by atoms with Crippen LogP contribution in [0.5, 0.6) is 5.75 Å². The normalized spacial score (nSPS) is 15.2. The molecule has 0 aliphatic carbocycles. The zero-order valence-corrected chi connectivity index (χ0v) is 13.9. The molecule has 2 aromatic carbocycles. The molecule has 0 spiro atoms. The molecule has 25 heavy (non-hydrogen) atoms. The number of benzene rings is 2. The van der Waals surface area contributed by atoms with Crippen LogP contribution in [0.15, 0.2) is 48.5 Å². The van der Waals surface area contributed by atoms with Crippen molar-refractivity contribution in [1.82, 2.24) is 4.90 Å². The molecule has 0 bridgehead atoms. The standard InChI is InChI=1S/C19H21FN2O3/c20-17-3-1-2-4-18(17)22-11-9-21(10-12-22)13-14-25-16-7-5-15(6-8-16)19(23)24/h1-8H,9-14H2,(H,23,24). The summed E-state index contributed by atoms with van der Waals surface area (Å²) in [5.41, 5.74) is 0.911. The molecule has 1 saturated heterocycles. The van der Waals surface area contributed by atoms with E-state index in [1.165, 1.54) is 18.2 Å². The zero-order valence-electron chi connectivity index (χ0n) is 13.9. The molecule has 0 atom stereocenters. The van der Waals surface area contributed by atoms with Gasteiger partial charge in [-0.1, -0.05) is 12.1 Å². The van der Waals surface area contributed by atoms with Crippen LogP contribution >= 0.6 is 0 Å². The summed E-state index contributed by atoms with van der Waals surface area (Å²) < 4.78 is 19.5. The first kappa shape index (κ1) is 17.2. The summed E-state index contributed by atoms with van der Waals surface area (Å²) in [4.78, 5) is 15.2. The fourth-order valence-corrected chi connectivity index (χ4v) is 2.91. The first-order valence-corrected chi connectivity index (χ1v) is 8.31. The number of halogens is 1. The molecular formula is C19H21FN2O3. The predicted octanol–water partition coefficient (Wildman–Crippen LogP) is 2.72. The third-order valence-corrected chi connectivity index (χ3v) is 4.34. The highest BCUT2D eigenvalue weighted by Crippen LogP contribution is 2.20. The molecule has 0 aromatic heterocycles. The van der Waals surface area contributed by atoms with Gasteiger partial charge in [-0.2, -0.15) is 0 Å². The van der Waals surface area contributed by atoms with Gasteiger partial charge in [0.15, 0.2) is 0 Å². The Hall–Kier alpha value is -2.60. The lowest BCUT2D eigenvalue weighted by molar-refractivity contribution is 0.0697. The lowest BCUT2D eigenvalue weighted by Crippen LogP contribution is -2.47. The van der Waals surface area contributed by atoms with Crippen LogP contribution in [0.1, 0.15) is 10.4 Å². The van der Waals surface area contributed by atoms with Gasteiger partial charge < -0.3 is 14.7 Å². The largest absolute Gasteiger partial charge is 0.492 e. The monoisotopic (exact) mass is 344 g/mol. The van der Waals surface area contributed by atoms with Gasteiger partial charge in [0.05, 0.1) is 11.3 Å². The topological polar surface area (TPSA) is 53.0 Å². The van der Waals surface area contributed by atoms with Crippen LogP contribution in [-0.2, 0) is 0 Å². The van der Waals surface area contributed by atoms with Gasteiger partial charge in [-0.05, 0) is 36.4 Å². The number of aromatic carboxylic acids is 1. The van der Waals surface area contributed by atoms with Gasteiger partial charge in [0.2, 0.25) is 0 Å². The molecule has 1 heterocycles. The second-order valence-electron chi connectivity index (χ2n) is 5.96. The number of piperazine rings is 1. The van der Waals surface area contributed by atoms with Crippen LogP contribution < -0.4 is 9.64 Å². The van der Waals surface area contributed by atoms with E-state index in [4.69, 9.17) is 9.84 Å². The maximum absolute atomic E-state index is 13.8. The minimum atomic E-state index is -0.945. The van der Waals surface area contributed by atoms with E-state index < -0.39 is 5.97 Å². The maximum Gasteiger partial charge on any atom is 0.335 e. The average molecular weight is 344 g/mol. The molecule has 3 rings (SSSR count). The van der Waals surface area contributed by atoms with Crippen LogP contribution in [0.2, 0.25) is 0 Å². The molecule has 5 nitrogen and oxygen atoms in total. The molecule has 1 aliphatic rings. The number of hydrogen-bond acceptors (Lipinski definition) is 4. The van der Waals surface area contributed by atoms with Gasteiger partial charge in [-0.3, -0.25) is 4.90 Å². The number of anilines is 1. The molecule has 0 amide bonds. The predicted molar refractivity (Wildman–Crippen MR) is 93.9 cm³/mol. The van der Waals surface area contributed by atoms with Crippen molar-refractivity contribution in [1.29, 1.82) is 0 Å². The molecule has 132 valence electrons. The number of para-hydroxylation sites is 1. The molecule has 1 aliphatic heterocycles. The van der Waals surface area contributed by atoms with E-state index >= 15 is 0 Å². The highest BCUT2D eigenvalue weighted by Gasteiger charge is 2.18. The Labute approximate surface area is 146 Å². The van der Waals surface area contributed by atoms with Crippen LogP contribution in [0.3, 0.4) is 0 Å². The van der Waals surface area contributed by atoms with E-state index in [2.05, 4.69) is 9.80 Å². The van der Waals surface area contributed by atoms with Gasteiger partial charge in [-0.25, -0.2) is 9.18 Å². The van der Waals surface area contributed by atoms with Crippen molar-refractivity contribution in [3.63, 3.8) is 0 Å². The number of carboxylic acid groups (broad SMARTS) is 1. The maximum atomic E-state index is 13.8. The molecule has 6 heteroatoms. The van der Waals surface area contributed by atoms with Crippen molar-refractivity contribution >= 4 is 11.7 Å². The Morgan fingerprint density at radius 2 is 1.72 bits per heavy atom. The van der Waals surface area contributed by atoms with Crippen molar-refractivity contribution in [2.24, 2.45) is 0 Å². The second kappa shape index (κ2) is 7.98. The van der Waals surface area contributed by atoms with Crippen LogP contribution in [0.25, 0.3) is 0 Å². The van der Waals surface area contributed by atoms with Crippen molar-refractivity contribution in [2.75, 3.05) is 44.2 Å². The smallest absolute Gasteiger partial charge is 0.335 e. The van der Waals surface area contributed by atoms with Gasteiger partial charge >= 0.3 is 5.97 Å². The Balaban J connectivity index is 1.42. The summed E-state index contributed by atoms with van der Waals surface area (Å²) in [6.45, 7) is 4.60. The zero-order chi connectivity index (χ0) is 17.6. The summed E-state index contributed by atoms with van der Waals surface area (Å²) in [5.74, 6) is -0.460. The molecule has 1 N–H and O–H groups in total. The molecule has 0 radical (unpaired) electrons. The molecular weight excluding hydrogens is 323 g/mol. The van der Waals surface area contributed by atoms with Crippen molar-refractivity contribution in [2.45, 2.75) is 0 Å². The lowest BCUT2D eigenvalue weighted by atomic mass is 10.2. The Morgan fingerprint density at radius 1 is 1.04 bits per heavy atom. The van der Waals surface area contributed by atoms with Gasteiger partial charge in [0, 0.05) is 32.7 Å². The Bertz CT molecular complexity index is 713. The van der Waals surface area contributed by atoms with E-state index in [1.54, 1.807) is 18.2 Å². The van der Waals surface area contributed by atoms with E-state index in [0.29, 0.717) is 18.0 Å². The molecule has 2 aromatic rings. The summed E-state index contributed by atoms with van der Waals surface area (Å²) in [6.07, 6.45) is 0. The minimum Gasteiger partial charge on any atom is -0.492 e. The molecule has 0 saturated carbocycles. The Kier molecular flexibility index (Phi) is 5.50. The van der Waals surface area contributed by atoms with Crippen LogP contribution in [-0.4, -0.2) is 55.3 Å². The summed E-state index contributed by atoms with van der Waals surface area (Å²) in [5, 5.41) is 8.87. The van der Waals surface area contributed by atoms with Crippen molar-refractivity contribution < 1.29 is 19.0 Å². The second-order valence-corrected chi connectivity index (χ2v) is 5.96. The lowest BCUT2D eigenvalue weighted by Gasteiger charge is -2.36. The highest BCUT2D eigenvalue weighted by atomic mass is 19.1. The highest BCUT2D eigenvalue weighted by molar-refractivity contribution is 5.87. The average Bonchev–Trinajstić information content (AvgIpc) is 2.63. The summed E-state index contributed by atoms with van der Waals surface area (Å²) in [6, 6.07) is 13.3. The van der Waals surface area contributed by atoms with E-state index in [9.17, 15) is 9.18 Å². The quantitative estimate of drug-likeness (QED) is 0.873. The minimum absolute atomic E-state index is 0.177. The molecule has 1 fully saturated rings. The molecule has 0 unspecified atom stereocenters. The van der Waals surface area contributed by atoms with Crippen molar-refractivity contribution in [3.8, 4) is 5.75 Å². The third-order valence-electron chi connectivity index (χ3n) is 4.34. The SMILES string of the molecule is O=C(O)c1ccc(OCCN2CCN(c3ccccc3F)CC2)cc1. The van der Waals surface area contributed by atoms with Gasteiger partial charge in [-0.15, -0.1) is 0 Å².